The third-order valence-corrected chi connectivity index (χ3v) is 4.05. The Hall–Kier alpha value is -0.440. The SMILES string of the molecule is N[C@@H]1[C@@H](O)[C@H](CO)O[C@@H](O[C@H]2O[C@@H](CO)[C@H](O)[C@@H](O)[C@@H]2O)[C@@H]1O. The lowest BCUT2D eigenvalue weighted by Crippen LogP contribution is -2.65. The summed E-state index contributed by atoms with van der Waals surface area (Å²) in [5, 5.41) is 67.1. The molecule has 11 nitrogen and oxygen atoms in total. The van der Waals surface area contributed by atoms with Gasteiger partial charge in [0.05, 0.1) is 19.3 Å². The van der Waals surface area contributed by atoms with Gasteiger partial charge >= 0.3 is 0 Å². The molecule has 0 aromatic rings. The van der Waals surface area contributed by atoms with Crippen LogP contribution < -0.4 is 5.73 Å². The van der Waals surface area contributed by atoms with Crippen molar-refractivity contribution >= 4 is 0 Å². The van der Waals surface area contributed by atoms with Gasteiger partial charge in [0.1, 0.15) is 42.7 Å². The van der Waals surface area contributed by atoms with Crippen molar-refractivity contribution in [2.45, 2.75) is 61.3 Å². The summed E-state index contributed by atoms with van der Waals surface area (Å²) in [6, 6.07) is -1.18. The highest BCUT2D eigenvalue weighted by molar-refractivity contribution is 4.93. The van der Waals surface area contributed by atoms with Gasteiger partial charge in [-0.2, -0.15) is 0 Å². The van der Waals surface area contributed by atoms with Gasteiger partial charge in [0.15, 0.2) is 12.6 Å². The Labute approximate surface area is 131 Å². The zero-order valence-electron chi connectivity index (χ0n) is 12.1. The number of hydrogen-bond donors (Lipinski definition) is 8. The van der Waals surface area contributed by atoms with Crippen LogP contribution in [0, 0.1) is 0 Å². The first-order valence-electron chi connectivity index (χ1n) is 7.15. The van der Waals surface area contributed by atoms with Crippen molar-refractivity contribution in [1.82, 2.24) is 0 Å². The van der Waals surface area contributed by atoms with Crippen LogP contribution in [0.5, 0.6) is 0 Å². The minimum Gasteiger partial charge on any atom is -0.394 e. The van der Waals surface area contributed by atoms with Crippen molar-refractivity contribution < 1.29 is 50.0 Å². The molecule has 11 heteroatoms. The third-order valence-electron chi connectivity index (χ3n) is 4.05. The van der Waals surface area contributed by atoms with Gasteiger partial charge in [-0.1, -0.05) is 0 Å². The Kier molecular flexibility index (Phi) is 6.27. The summed E-state index contributed by atoms with van der Waals surface area (Å²) in [5.74, 6) is 0. The molecular weight excluding hydrogens is 318 g/mol. The van der Waals surface area contributed by atoms with Crippen molar-refractivity contribution in [3.63, 3.8) is 0 Å². The summed E-state index contributed by atoms with van der Waals surface area (Å²) < 4.78 is 15.5. The van der Waals surface area contributed by atoms with E-state index >= 15 is 0 Å². The molecule has 136 valence electrons. The summed E-state index contributed by atoms with van der Waals surface area (Å²) in [6.45, 7) is -1.23. The quantitative estimate of drug-likeness (QED) is 0.243. The fourth-order valence-electron chi connectivity index (χ4n) is 2.54. The van der Waals surface area contributed by atoms with E-state index in [-0.39, 0.29) is 0 Å². The third kappa shape index (κ3) is 3.65. The predicted octanol–water partition coefficient (Wildman–Crippen LogP) is -5.43. The van der Waals surface area contributed by atoms with E-state index in [2.05, 4.69) is 0 Å². The zero-order chi connectivity index (χ0) is 17.3. The van der Waals surface area contributed by atoms with E-state index in [9.17, 15) is 25.5 Å². The van der Waals surface area contributed by atoms with E-state index in [0.717, 1.165) is 0 Å². The van der Waals surface area contributed by atoms with Gasteiger partial charge < -0.3 is 55.7 Å². The van der Waals surface area contributed by atoms with Crippen molar-refractivity contribution in [2.75, 3.05) is 13.2 Å². The fourth-order valence-corrected chi connectivity index (χ4v) is 2.54. The van der Waals surface area contributed by atoms with Gasteiger partial charge in [0, 0.05) is 0 Å². The first kappa shape index (κ1) is 18.9. The second-order valence-corrected chi connectivity index (χ2v) is 5.62. The minimum absolute atomic E-state index is 0.587. The number of hydrogen-bond acceptors (Lipinski definition) is 11. The maximum Gasteiger partial charge on any atom is 0.189 e. The molecule has 0 radical (unpaired) electrons. The molecule has 9 N–H and O–H groups in total. The molecule has 2 aliphatic rings. The maximum absolute atomic E-state index is 9.96. The van der Waals surface area contributed by atoms with Crippen LogP contribution in [0.1, 0.15) is 0 Å². The molecule has 2 rings (SSSR count). The first-order valence-corrected chi connectivity index (χ1v) is 7.15. The van der Waals surface area contributed by atoms with Gasteiger partial charge in [0.25, 0.3) is 0 Å². The van der Waals surface area contributed by atoms with Crippen LogP contribution in [0.2, 0.25) is 0 Å². The average Bonchev–Trinajstić information content (AvgIpc) is 2.55. The molecule has 0 unspecified atom stereocenters. The van der Waals surface area contributed by atoms with Gasteiger partial charge in [-0.15, -0.1) is 0 Å². The molecular formula is C12H23NO10. The van der Waals surface area contributed by atoms with Gasteiger partial charge in [-0.25, -0.2) is 0 Å². The highest BCUT2D eigenvalue weighted by Gasteiger charge is 2.49. The molecule has 2 aliphatic heterocycles. The lowest BCUT2D eigenvalue weighted by molar-refractivity contribution is -0.368. The molecule has 10 atom stereocenters. The molecule has 0 amide bonds. The monoisotopic (exact) mass is 341 g/mol. The summed E-state index contributed by atoms with van der Waals surface area (Å²) >= 11 is 0. The van der Waals surface area contributed by atoms with Crippen LogP contribution in [-0.4, -0.2) is 110 Å². The standard InChI is InChI=1S/C12H23NO10/c13-5-6(16)3(1-14)21-11(8(5)18)23-12-10(20)9(19)7(17)4(2-15)22-12/h3-12,14-20H,1-2,13H2/t3-,4-,5+,6-,7-,8+,9+,10-,11-,12+/m0/s1. The predicted molar refractivity (Wildman–Crippen MR) is 70.6 cm³/mol. The Balaban J connectivity index is 2.07. The van der Waals surface area contributed by atoms with Crippen molar-refractivity contribution in [3.8, 4) is 0 Å². The molecule has 0 aromatic carbocycles. The molecule has 0 saturated carbocycles. The molecule has 0 aliphatic carbocycles. The summed E-state index contributed by atoms with van der Waals surface area (Å²) in [5.41, 5.74) is 5.62. The zero-order valence-corrected chi connectivity index (χ0v) is 12.1. The van der Waals surface area contributed by atoms with Crippen LogP contribution in [0.25, 0.3) is 0 Å². The molecule has 0 spiro atoms. The fraction of sp³-hybridized carbons (Fsp3) is 1.00. The van der Waals surface area contributed by atoms with E-state index in [4.69, 9.17) is 30.2 Å². The summed E-state index contributed by atoms with van der Waals surface area (Å²) in [7, 11) is 0. The summed E-state index contributed by atoms with van der Waals surface area (Å²) in [4.78, 5) is 0. The van der Waals surface area contributed by atoms with Crippen molar-refractivity contribution in [3.05, 3.63) is 0 Å². The highest BCUT2D eigenvalue weighted by atomic mass is 16.8. The van der Waals surface area contributed by atoms with Crippen molar-refractivity contribution in [1.29, 1.82) is 0 Å². The van der Waals surface area contributed by atoms with Gasteiger partial charge in [-0.3, -0.25) is 0 Å². The van der Waals surface area contributed by atoms with Crippen LogP contribution >= 0.6 is 0 Å². The van der Waals surface area contributed by atoms with E-state index in [1.165, 1.54) is 0 Å². The molecule has 2 heterocycles. The normalized spacial score (nSPS) is 51.7. The Morgan fingerprint density at radius 1 is 0.696 bits per heavy atom. The molecule has 2 saturated heterocycles. The van der Waals surface area contributed by atoms with Crippen LogP contribution in [0.3, 0.4) is 0 Å². The second-order valence-electron chi connectivity index (χ2n) is 5.62. The molecule has 0 aromatic heterocycles. The number of nitrogens with two attached hydrogens (primary N) is 1. The Morgan fingerprint density at radius 3 is 1.70 bits per heavy atom. The van der Waals surface area contributed by atoms with E-state index in [1.54, 1.807) is 0 Å². The molecule has 23 heavy (non-hydrogen) atoms. The van der Waals surface area contributed by atoms with E-state index in [1.807, 2.05) is 0 Å². The molecule has 2 fully saturated rings. The smallest absolute Gasteiger partial charge is 0.189 e. The number of aliphatic hydroxyl groups is 7. The lowest BCUT2D eigenvalue weighted by Gasteiger charge is -2.44. The average molecular weight is 341 g/mol. The lowest BCUT2D eigenvalue weighted by atomic mass is 9.97. The van der Waals surface area contributed by atoms with E-state index in [0.29, 0.717) is 0 Å². The number of ether oxygens (including phenoxy) is 3. The van der Waals surface area contributed by atoms with Gasteiger partial charge in [-0.05, 0) is 0 Å². The van der Waals surface area contributed by atoms with Gasteiger partial charge in [0.2, 0.25) is 0 Å². The van der Waals surface area contributed by atoms with E-state index < -0.39 is 74.6 Å². The molecule has 0 bridgehead atoms. The number of rotatable bonds is 4. The van der Waals surface area contributed by atoms with Crippen LogP contribution in [0.15, 0.2) is 0 Å². The van der Waals surface area contributed by atoms with Crippen LogP contribution in [-0.2, 0) is 14.2 Å². The maximum atomic E-state index is 9.96. The Morgan fingerprint density at radius 2 is 1.17 bits per heavy atom. The van der Waals surface area contributed by atoms with Crippen molar-refractivity contribution in [2.24, 2.45) is 5.73 Å². The number of aliphatic hydroxyl groups excluding tert-OH is 7. The largest absolute Gasteiger partial charge is 0.394 e. The first-order chi connectivity index (χ1) is 10.8. The Bertz CT molecular complexity index is 349. The van der Waals surface area contributed by atoms with Crippen LogP contribution in [0.4, 0.5) is 0 Å². The minimum atomic E-state index is -1.68. The second kappa shape index (κ2) is 7.63. The highest BCUT2D eigenvalue weighted by Crippen LogP contribution is 2.27. The topological polar surface area (TPSA) is 195 Å². The summed E-state index contributed by atoms with van der Waals surface area (Å²) in [6.07, 6.45) is -13.0.